The van der Waals surface area contributed by atoms with E-state index < -0.39 is 0 Å². The Kier molecular flexibility index (Phi) is 5.68. The summed E-state index contributed by atoms with van der Waals surface area (Å²) in [7, 11) is 0. The zero-order valence-corrected chi connectivity index (χ0v) is 15.3. The fourth-order valence-electron chi connectivity index (χ4n) is 2.47. The van der Waals surface area contributed by atoms with E-state index >= 15 is 0 Å². The van der Waals surface area contributed by atoms with Crippen LogP contribution in [0.3, 0.4) is 0 Å². The molecule has 0 bridgehead atoms. The predicted octanol–water partition coefficient (Wildman–Crippen LogP) is 4.61. The van der Waals surface area contributed by atoms with Gasteiger partial charge in [0.15, 0.2) is 0 Å². The first kappa shape index (κ1) is 18.1. The molecule has 5 nitrogen and oxygen atoms in total. The quantitative estimate of drug-likeness (QED) is 0.641. The molecule has 0 aliphatic carbocycles. The van der Waals surface area contributed by atoms with Crippen LogP contribution in [-0.2, 0) is 4.79 Å². The number of anilines is 1. The van der Waals surface area contributed by atoms with Crippen molar-refractivity contribution in [2.24, 2.45) is 0 Å². The number of aromatic nitrogens is 2. The van der Waals surface area contributed by atoms with Gasteiger partial charge in [-0.25, -0.2) is 4.39 Å². The summed E-state index contributed by atoms with van der Waals surface area (Å²) < 4.78 is 18.5. The summed E-state index contributed by atoms with van der Waals surface area (Å²) in [5, 5.41) is 11.2. The number of halogens is 1. The normalized spacial score (nSPS) is 10.7. The summed E-state index contributed by atoms with van der Waals surface area (Å²) >= 11 is 1.32. The number of thioether (sulfide) groups is 1. The van der Waals surface area contributed by atoms with E-state index in [1.807, 2.05) is 26.0 Å². The van der Waals surface area contributed by atoms with Gasteiger partial charge in [-0.3, -0.25) is 4.79 Å². The summed E-state index contributed by atoms with van der Waals surface area (Å²) in [5.41, 5.74) is 3.71. The van der Waals surface area contributed by atoms with Gasteiger partial charge in [0.05, 0.1) is 0 Å². The number of amides is 1. The molecule has 0 radical (unpaired) electrons. The van der Waals surface area contributed by atoms with E-state index in [1.165, 1.54) is 36.0 Å². The van der Waals surface area contributed by atoms with Crippen LogP contribution < -0.4 is 5.32 Å². The van der Waals surface area contributed by atoms with Crippen LogP contribution in [0.1, 0.15) is 17.5 Å². The molecule has 2 aromatic carbocycles. The Bertz CT molecular complexity index is 889. The minimum atomic E-state index is -0.338. The average molecular weight is 371 g/mol. The van der Waals surface area contributed by atoms with Crippen molar-refractivity contribution in [3.05, 3.63) is 59.4 Å². The number of carbonyl (C=O) groups excluding carboxylic acids is 1. The number of hydrogen-bond acceptors (Lipinski definition) is 5. The second-order valence-electron chi connectivity index (χ2n) is 5.90. The lowest BCUT2D eigenvalue weighted by Gasteiger charge is -2.04. The zero-order valence-electron chi connectivity index (χ0n) is 14.5. The van der Waals surface area contributed by atoms with Crippen molar-refractivity contribution in [2.45, 2.75) is 25.5 Å². The van der Waals surface area contributed by atoms with Gasteiger partial charge in [0.2, 0.25) is 11.8 Å². The van der Waals surface area contributed by atoms with Crippen molar-refractivity contribution in [3.63, 3.8) is 0 Å². The van der Waals surface area contributed by atoms with Gasteiger partial charge in [0.25, 0.3) is 5.22 Å². The number of rotatable bonds is 6. The smallest absolute Gasteiger partial charge is 0.276 e. The lowest BCUT2D eigenvalue weighted by Crippen LogP contribution is -2.12. The number of hydrogen-bond donors (Lipinski definition) is 1. The van der Waals surface area contributed by atoms with Crippen LogP contribution in [0, 0.1) is 19.7 Å². The van der Waals surface area contributed by atoms with Crippen molar-refractivity contribution in [1.29, 1.82) is 0 Å². The third-order valence-electron chi connectivity index (χ3n) is 3.56. The van der Waals surface area contributed by atoms with Crippen LogP contribution in [0.15, 0.2) is 52.1 Å². The monoisotopic (exact) mass is 371 g/mol. The molecule has 7 heteroatoms. The van der Waals surface area contributed by atoms with Gasteiger partial charge in [0, 0.05) is 23.4 Å². The molecule has 0 atom stereocenters. The predicted molar refractivity (Wildman–Crippen MR) is 99.6 cm³/mol. The van der Waals surface area contributed by atoms with Crippen molar-refractivity contribution in [1.82, 2.24) is 10.2 Å². The van der Waals surface area contributed by atoms with Crippen LogP contribution in [-0.4, -0.2) is 21.9 Å². The summed E-state index contributed by atoms with van der Waals surface area (Å²) in [6, 6.07) is 11.7. The number of nitrogens with zero attached hydrogens (tertiary/aromatic N) is 2. The van der Waals surface area contributed by atoms with Crippen molar-refractivity contribution in [3.8, 4) is 11.5 Å². The Balaban J connectivity index is 1.51. The summed E-state index contributed by atoms with van der Waals surface area (Å²) in [6.07, 6.45) is 0.281. The standard InChI is InChI=1S/C19H18FN3O2S/c1-12-9-13(2)11-14(10-12)18-22-23-19(25-18)26-8-7-17(24)21-16-5-3-15(20)4-6-16/h3-6,9-11H,7-8H2,1-2H3,(H,21,24). The molecular weight excluding hydrogens is 353 g/mol. The number of aryl methyl sites for hydroxylation is 2. The fraction of sp³-hybridized carbons (Fsp3) is 0.211. The number of nitrogens with one attached hydrogen (secondary N) is 1. The molecule has 1 N–H and O–H groups in total. The van der Waals surface area contributed by atoms with E-state index in [9.17, 15) is 9.18 Å². The van der Waals surface area contributed by atoms with Gasteiger partial charge in [-0.2, -0.15) is 0 Å². The molecule has 1 aromatic heterocycles. The highest BCUT2D eigenvalue weighted by atomic mass is 32.2. The summed E-state index contributed by atoms with van der Waals surface area (Å²) in [5.74, 6) is 0.476. The Morgan fingerprint density at radius 3 is 2.50 bits per heavy atom. The first-order valence-electron chi connectivity index (χ1n) is 8.10. The van der Waals surface area contributed by atoms with Crippen molar-refractivity contribution >= 4 is 23.4 Å². The van der Waals surface area contributed by atoms with Crippen LogP contribution in [0.2, 0.25) is 0 Å². The lowest BCUT2D eigenvalue weighted by molar-refractivity contribution is -0.115. The van der Waals surface area contributed by atoms with E-state index in [2.05, 4.69) is 21.6 Å². The van der Waals surface area contributed by atoms with Gasteiger partial charge in [-0.15, -0.1) is 10.2 Å². The highest BCUT2D eigenvalue weighted by Gasteiger charge is 2.11. The van der Waals surface area contributed by atoms with Crippen LogP contribution in [0.4, 0.5) is 10.1 Å². The maximum Gasteiger partial charge on any atom is 0.276 e. The molecule has 1 amide bonds. The van der Waals surface area contributed by atoms with E-state index in [0.717, 1.165) is 16.7 Å². The zero-order chi connectivity index (χ0) is 18.5. The molecule has 0 fully saturated rings. The first-order valence-corrected chi connectivity index (χ1v) is 9.08. The molecule has 3 aromatic rings. The summed E-state index contributed by atoms with van der Waals surface area (Å²) in [4.78, 5) is 11.9. The third-order valence-corrected chi connectivity index (χ3v) is 4.38. The minimum Gasteiger partial charge on any atom is -0.411 e. The van der Waals surface area contributed by atoms with Gasteiger partial charge in [-0.1, -0.05) is 29.0 Å². The molecular formula is C19H18FN3O2S. The topological polar surface area (TPSA) is 68.0 Å². The molecule has 134 valence electrons. The maximum atomic E-state index is 12.8. The van der Waals surface area contributed by atoms with Crippen molar-refractivity contribution < 1.29 is 13.6 Å². The second kappa shape index (κ2) is 8.14. The van der Waals surface area contributed by atoms with Gasteiger partial charge in [-0.05, 0) is 50.2 Å². The van der Waals surface area contributed by atoms with Gasteiger partial charge < -0.3 is 9.73 Å². The molecule has 0 aliphatic heterocycles. The Morgan fingerprint density at radius 1 is 1.12 bits per heavy atom. The summed E-state index contributed by atoms with van der Waals surface area (Å²) in [6.45, 7) is 4.03. The molecule has 0 aliphatic rings. The highest BCUT2D eigenvalue weighted by Crippen LogP contribution is 2.25. The van der Waals surface area contributed by atoms with E-state index in [1.54, 1.807) is 0 Å². The van der Waals surface area contributed by atoms with E-state index in [4.69, 9.17) is 4.42 Å². The largest absolute Gasteiger partial charge is 0.411 e. The minimum absolute atomic E-state index is 0.154. The van der Waals surface area contributed by atoms with Crippen molar-refractivity contribution in [2.75, 3.05) is 11.1 Å². The van der Waals surface area contributed by atoms with Crippen LogP contribution in [0.5, 0.6) is 0 Å². The fourth-order valence-corrected chi connectivity index (χ4v) is 3.17. The van der Waals surface area contributed by atoms with Gasteiger partial charge >= 0.3 is 0 Å². The third kappa shape index (κ3) is 4.92. The maximum absolute atomic E-state index is 12.8. The molecule has 0 unspecified atom stereocenters. The second-order valence-corrected chi connectivity index (χ2v) is 6.95. The number of carbonyl (C=O) groups is 1. The van der Waals surface area contributed by atoms with Crippen LogP contribution >= 0.6 is 11.8 Å². The SMILES string of the molecule is Cc1cc(C)cc(-c2nnc(SCCC(=O)Nc3ccc(F)cc3)o2)c1. The molecule has 1 heterocycles. The number of benzene rings is 2. The molecule has 0 spiro atoms. The molecule has 3 rings (SSSR count). The molecule has 0 saturated carbocycles. The Labute approximate surface area is 155 Å². The highest BCUT2D eigenvalue weighted by molar-refractivity contribution is 7.99. The van der Waals surface area contributed by atoms with E-state index in [-0.39, 0.29) is 18.1 Å². The van der Waals surface area contributed by atoms with Crippen LogP contribution in [0.25, 0.3) is 11.5 Å². The Hall–Kier alpha value is -2.67. The first-order chi connectivity index (χ1) is 12.5. The molecule has 26 heavy (non-hydrogen) atoms. The Morgan fingerprint density at radius 2 is 1.81 bits per heavy atom. The lowest BCUT2D eigenvalue weighted by atomic mass is 10.1. The van der Waals surface area contributed by atoms with Gasteiger partial charge in [0.1, 0.15) is 5.82 Å². The van der Waals surface area contributed by atoms with E-state index in [0.29, 0.717) is 22.6 Å². The molecule has 0 saturated heterocycles. The average Bonchev–Trinajstić information content (AvgIpc) is 3.05.